The SMILES string of the molecule is Cc1cc(C)c(NC(=O)CNC(=O)c2ccccc2C(F)(F)F)c(C)c1. The highest BCUT2D eigenvalue weighted by atomic mass is 19.4. The second kappa shape index (κ2) is 7.59. The number of alkyl halides is 3. The minimum absolute atomic E-state index is 0.433. The molecule has 0 heterocycles. The Morgan fingerprint density at radius 3 is 2.15 bits per heavy atom. The lowest BCUT2D eigenvalue weighted by Crippen LogP contribution is -2.34. The summed E-state index contributed by atoms with van der Waals surface area (Å²) in [7, 11) is 0. The van der Waals surface area contributed by atoms with E-state index in [1.54, 1.807) is 0 Å². The molecule has 2 rings (SSSR count). The summed E-state index contributed by atoms with van der Waals surface area (Å²) in [6.07, 6.45) is -4.65. The maximum Gasteiger partial charge on any atom is 0.417 e. The molecular weight excluding hydrogens is 345 g/mol. The molecule has 0 unspecified atom stereocenters. The van der Waals surface area contributed by atoms with Gasteiger partial charge in [0.05, 0.1) is 17.7 Å². The Hall–Kier alpha value is -2.83. The zero-order valence-corrected chi connectivity index (χ0v) is 14.6. The first-order valence-electron chi connectivity index (χ1n) is 7.91. The van der Waals surface area contributed by atoms with Crippen LogP contribution in [0.5, 0.6) is 0 Å². The van der Waals surface area contributed by atoms with Crippen LogP contribution < -0.4 is 10.6 Å². The zero-order chi connectivity index (χ0) is 19.5. The number of carbonyl (C=O) groups excluding carboxylic acids is 2. The van der Waals surface area contributed by atoms with Gasteiger partial charge in [-0.25, -0.2) is 0 Å². The Kier molecular flexibility index (Phi) is 5.69. The second-order valence-electron chi connectivity index (χ2n) is 6.05. The van der Waals surface area contributed by atoms with E-state index >= 15 is 0 Å². The summed E-state index contributed by atoms with van der Waals surface area (Å²) in [6.45, 7) is 5.18. The van der Waals surface area contributed by atoms with Gasteiger partial charge in [-0.3, -0.25) is 9.59 Å². The summed E-state index contributed by atoms with van der Waals surface area (Å²) in [5, 5.41) is 4.91. The van der Waals surface area contributed by atoms with Crippen LogP contribution >= 0.6 is 0 Å². The molecule has 0 radical (unpaired) electrons. The predicted octanol–water partition coefficient (Wildman–Crippen LogP) is 4.00. The van der Waals surface area contributed by atoms with Gasteiger partial charge >= 0.3 is 6.18 Å². The van der Waals surface area contributed by atoms with E-state index in [0.29, 0.717) is 5.69 Å². The Bertz CT molecular complexity index is 822. The Morgan fingerprint density at radius 1 is 1.00 bits per heavy atom. The molecule has 0 fully saturated rings. The minimum Gasteiger partial charge on any atom is -0.343 e. The fourth-order valence-corrected chi connectivity index (χ4v) is 2.74. The van der Waals surface area contributed by atoms with Gasteiger partial charge in [-0.05, 0) is 44.0 Å². The van der Waals surface area contributed by atoms with Crippen LogP contribution in [0.25, 0.3) is 0 Å². The topological polar surface area (TPSA) is 58.2 Å². The van der Waals surface area contributed by atoms with Gasteiger partial charge in [0.1, 0.15) is 0 Å². The molecule has 138 valence electrons. The van der Waals surface area contributed by atoms with Crippen molar-refractivity contribution in [2.75, 3.05) is 11.9 Å². The van der Waals surface area contributed by atoms with Gasteiger partial charge in [-0.2, -0.15) is 13.2 Å². The van der Waals surface area contributed by atoms with E-state index in [-0.39, 0.29) is 0 Å². The van der Waals surface area contributed by atoms with Gasteiger partial charge < -0.3 is 10.6 Å². The predicted molar refractivity (Wildman–Crippen MR) is 93.1 cm³/mol. The Morgan fingerprint density at radius 2 is 1.58 bits per heavy atom. The normalized spacial score (nSPS) is 11.2. The molecule has 0 aromatic heterocycles. The number of aryl methyl sites for hydroxylation is 3. The maximum absolute atomic E-state index is 13.0. The average Bonchev–Trinajstić information content (AvgIpc) is 2.55. The molecule has 0 aliphatic carbocycles. The first kappa shape index (κ1) is 19.5. The molecule has 4 nitrogen and oxygen atoms in total. The summed E-state index contributed by atoms with van der Waals surface area (Å²) in [5.74, 6) is -1.47. The molecule has 0 saturated heterocycles. The highest BCUT2D eigenvalue weighted by molar-refractivity contribution is 6.00. The van der Waals surface area contributed by atoms with E-state index in [2.05, 4.69) is 10.6 Å². The third-order valence-corrected chi connectivity index (χ3v) is 3.83. The monoisotopic (exact) mass is 364 g/mol. The Labute approximate surface area is 149 Å². The first-order chi connectivity index (χ1) is 12.1. The van der Waals surface area contributed by atoms with Crippen molar-refractivity contribution in [1.29, 1.82) is 0 Å². The van der Waals surface area contributed by atoms with Gasteiger partial charge in [0.2, 0.25) is 5.91 Å². The second-order valence-corrected chi connectivity index (χ2v) is 6.05. The van der Waals surface area contributed by atoms with Crippen molar-refractivity contribution < 1.29 is 22.8 Å². The number of hydrogen-bond donors (Lipinski definition) is 2. The highest BCUT2D eigenvalue weighted by Gasteiger charge is 2.34. The van der Waals surface area contributed by atoms with Crippen LogP contribution in [0.15, 0.2) is 36.4 Å². The largest absolute Gasteiger partial charge is 0.417 e. The van der Waals surface area contributed by atoms with Crippen LogP contribution in [0.1, 0.15) is 32.6 Å². The number of nitrogens with one attached hydrogen (secondary N) is 2. The van der Waals surface area contributed by atoms with Gasteiger partial charge in [-0.15, -0.1) is 0 Å². The fourth-order valence-electron chi connectivity index (χ4n) is 2.74. The standard InChI is InChI=1S/C19H19F3N2O2/c1-11-8-12(2)17(13(3)9-11)24-16(25)10-23-18(26)14-6-4-5-7-15(14)19(20,21)22/h4-9H,10H2,1-3H3,(H,23,26)(H,24,25). The molecule has 26 heavy (non-hydrogen) atoms. The summed E-state index contributed by atoms with van der Waals surface area (Å²) >= 11 is 0. The highest BCUT2D eigenvalue weighted by Crippen LogP contribution is 2.31. The van der Waals surface area contributed by atoms with Crippen LogP contribution in [0.4, 0.5) is 18.9 Å². The van der Waals surface area contributed by atoms with Crippen molar-refractivity contribution >= 4 is 17.5 Å². The van der Waals surface area contributed by atoms with Crippen molar-refractivity contribution in [3.05, 3.63) is 64.2 Å². The first-order valence-corrected chi connectivity index (χ1v) is 7.91. The number of benzene rings is 2. The summed E-state index contributed by atoms with van der Waals surface area (Å²) < 4.78 is 38.9. The van der Waals surface area contributed by atoms with E-state index in [4.69, 9.17) is 0 Å². The molecule has 7 heteroatoms. The fraction of sp³-hybridized carbons (Fsp3) is 0.263. The van der Waals surface area contributed by atoms with E-state index in [1.165, 1.54) is 12.1 Å². The van der Waals surface area contributed by atoms with Crippen LogP contribution in [0, 0.1) is 20.8 Å². The third kappa shape index (κ3) is 4.62. The van der Waals surface area contributed by atoms with Crippen molar-refractivity contribution in [1.82, 2.24) is 5.32 Å². The zero-order valence-electron chi connectivity index (χ0n) is 14.6. The maximum atomic E-state index is 13.0. The molecule has 0 bridgehead atoms. The molecule has 0 aliphatic heterocycles. The third-order valence-electron chi connectivity index (χ3n) is 3.83. The molecule has 0 atom stereocenters. The van der Waals surface area contributed by atoms with Crippen LogP contribution in [-0.2, 0) is 11.0 Å². The van der Waals surface area contributed by atoms with E-state index in [1.807, 2.05) is 32.9 Å². The molecule has 2 N–H and O–H groups in total. The van der Waals surface area contributed by atoms with E-state index in [9.17, 15) is 22.8 Å². The van der Waals surface area contributed by atoms with Crippen LogP contribution in [0.3, 0.4) is 0 Å². The molecule has 2 aromatic carbocycles. The average molecular weight is 364 g/mol. The van der Waals surface area contributed by atoms with E-state index < -0.39 is 35.7 Å². The molecule has 0 spiro atoms. The van der Waals surface area contributed by atoms with Crippen molar-refractivity contribution in [3.8, 4) is 0 Å². The lowest BCUT2D eigenvalue weighted by molar-refractivity contribution is -0.137. The summed E-state index contributed by atoms with van der Waals surface area (Å²) in [6, 6.07) is 8.25. The number of halogens is 3. The molecule has 2 amide bonds. The lowest BCUT2D eigenvalue weighted by Gasteiger charge is -2.14. The number of hydrogen-bond acceptors (Lipinski definition) is 2. The number of anilines is 1. The van der Waals surface area contributed by atoms with E-state index in [0.717, 1.165) is 28.8 Å². The van der Waals surface area contributed by atoms with Crippen molar-refractivity contribution in [2.24, 2.45) is 0 Å². The number of amides is 2. The number of rotatable bonds is 4. The molecule has 2 aromatic rings. The van der Waals surface area contributed by atoms with Crippen molar-refractivity contribution in [3.63, 3.8) is 0 Å². The lowest BCUT2D eigenvalue weighted by atomic mass is 10.1. The van der Waals surface area contributed by atoms with Gasteiger partial charge in [0.15, 0.2) is 0 Å². The minimum atomic E-state index is -4.65. The molecule has 0 aliphatic rings. The van der Waals surface area contributed by atoms with Gasteiger partial charge in [-0.1, -0.05) is 29.8 Å². The molecular formula is C19H19F3N2O2. The van der Waals surface area contributed by atoms with Crippen LogP contribution in [-0.4, -0.2) is 18.4 Å². The van der Waals surface area contributed by atoms with Gasteiger partial charge in [0, 0.05) is 5.69 Å². The molecule has 0 saturated carbocycles. The summed E-state index contributed by atoms with van der Waals surface area (Å²) in [4.78, 5) is 24.1. The van der Waals surface area contributed by atoms with Crippen molar-refractivity contribution in [2.45, 2.75) is 26.9 Å². The summed E-state index contributed by atoms with van der Waals surface area (Å²) in [5.41, 5.74) is 1.86. The van der Waals surface area contributed by atoms with Crippen LogP contribution in [0.2, 0.25) is 0 Å². The quantitative estimate of drug-likeness (QED) is 0.862. The smallest absolute Gasteiger partial charge is 0.343 e. The van der Waals surface area contributed by atoms with Gasteiger partial charge in [0.25, 0.3) is 5.91 Å². The number of carbonyl (C=O) groups is 2. The Balaban J connectivity index is 2.06.